The molecule has 0 saturated heterocycles. The van der Waals surface area contributed by atoms with E-state index in [4.69, 9.17) is 4.74 Å². The molecule has 138 valence electrons. The minimum atomic E-state index is -3.76. The third-order valence-corrected chi connectivity index (χ3v) is 6.12. The van der Waals surface area contributed by atoms with Crippen LogP contribution in [0.1, 0.15) is 6.92 Å². The van der Waals surface area contributed by atoms with E-state index in [1.807, 2.05) is 24.3 Å². The van der Waals surface area contributed by atoms with Crippen molar-refractivity contribution in [1.82, 2.24) is 4.57 Å². The molecular weight excluding hydrogens is 360 g/mol. The lowest BCUT2D eigenvalue weighted by molar-refractivity contribution is 0.403. The first-order valence-corrected chi connectivity index (χ1v) is 10.2. The summed E-state index contributed by atoms with van der Waals surface area (Å²) in [5.41, 5.74) is 2.74. The summed E-state index contributed by atoms with van der Waals surface area (Å²) in [6, 6.07) is 20.4. The van der Waals surface area contributed by atoms with Crippen LogP contribution in [0.4, 0.5) is 5.69 Å². The monoisotopic (exact) mass is 380 g/mol. The van der Waals surface area contributed by atoms with Gasteiger partial charge in [-0.15, -0.1) is 0 Å². The van der Waals surface area contributed by atoms with Crippen LogP contribution in [0, 0.1) is 0 Å². The molecule has 0 aliphatic carbocycles. The number of ether oxygens (including phenoxy) is 1. The van der Waals surface area contributed by atoms with Crippen LogP contribution < -0.4 is 9.46 Å². The number of benzene rings is 3. The van der Waals surface area contributed by atoms with Gasteiger partial charge in [0.2, 0.25) is 0 Å². The number of aromatic nitrogens is 1. The molecule has 0 fully saturated rings. The topological polar surface area (TPSA) is 60.3 Å². The fourth-order valence-corrected chi connectivity index (χ4v) is 4.73. The Kier molecular flexibility index (Phi) is 4.28. The number of hydrogen-bond donors (Lipinski definition) is 1. The maximum absolute atomic E-state index is 12.8. The maximum Gasteiger partial charge on any atom is 0.265 e. The van der Waals surface area contributed by atoms with Gasteiger partial charge in [0, 0.05) is 34.0 Å². The summed E-state index contributed by atoms with van der Waals surface area (Å²) in [6.07, 6.45) is 0. The van der Waals surface area contributed by atoms with Crippen molar-refractivity contribution in [3.63, 3.8) is 0 Å². The first-order chi connectivity index (χ1) is 13.0. The van der Waals surface area contributed by atoms with Gasteiger partial charge in [0.25, 0.3) is 10.0 Å². The standard InChI is InChI=1S/C21H20N2O3S/c1-3-23-18-9-5-4-8-16(18)17-14-15(12-13-19(17)23)22-27(24,25)21-11-7-6-10-20(21)26-2/h4-14,22H,3H2,1-2H3. The molecule has 0 aliphatic rings. The Hall–Kier alpha value is -2.99. The predicted octanol–water partition coefficient (Wildman–Crippen LogP) is 4.62. The number of methoxy groups -OCH3 is 1. The van der Waals surface area contributed by atoms with Crippen LogP contribution in [-0.2, 0) is 16.6 Å². The summed E-state index contributed by atoms with van der Waals surface area (Å²) >= 11 is 0. The fraction of sp³-hybridized carbons (Fsp3) is 0.143. The quantitative estimate of drug-likeness (QED) is 0.549. The molecule has 0 atom stereocenters. The molecule has 1 aromatic heterocycles. The summed E-state index contributed by atoms with van der Waals surface area (Å²) in [4.78, 5) is 0.114. The number of hydrogen-bond acceptors (Lipinski definition) is 3. The summed E-state index contributed by atoms with van der Waals surface area (Å²) in [6.45, 7) is 2.94. The lowest BCUT2D eigenvalue weighted by Crippen LogP contribution is -2.14. The van der Waals surface area contributed by atoms with Crippen molar-refractivity contribution >= 4 is 37.5 Å². The lowest BCUT2D eigenvalue weighted by atomic mass is 10.1. The second-order valence-corrected chi connectivity index (χ2v) is 7.90. The van der Waals surface area contributed by atoms with Gasteiger partial charge in [-0.3, -0.25) is 4.72 Å². The highest BCUT2D eigenvalue weighted by Gasteiger charge is 2.19. The minimum Gasteiger partial charge on any atom is -0.495 e. The third kappa shape index (κ3) is 2.92. The van der Waals surface area contributed by atoms with E-state index in [0.29, 0.717) is 11.4 Å². The predicted molar refractivity (Wildman–Crippen MR) is 109 cm³/mol. The molecule has 0 spiro atoms. The number of anilines is 1. The highest BCUT2D eigenvalue weighted by Crippen LogP contribution is 2.32. The van der Waals surface area contributed by atoms with Crippen LogP contribution in [0.3, 0.4) is 0 Å². The van der Waals surface area contributed by atoms with Crippen LogP contribution in [0.15, 0.2) is 71.6 Å². The van der Waals surface area contributed by atoms with Crippen molar-refractivity contribution in [2.24, 2.45) is 0 Å². The number of fused-ring (bicyclic) bond motifs is 3. The van der Waals surface area contributed by atoms with Gasteiger partial charge >= 0.3 is 0 Å². The van der Waals surface area contributed by atoms with Crippen molar-refractivity contribution in [2.45, 2.75) is 18.4 Å². The Morgan fingerprint density at radius 2 is 1.63 bits per heavy atom. The van der Waals surface area contributed by atoms with E-state index < -0.39 is 10.0 Å². The first-order valence-electron chi connectivity index (χ1n) is 8.72. The zero-order valence-corrected chi connectivity index (χ0v) is 16.0. The summed E-state index contributed by atoms with van der Waals surface area (Å²) < 4.78 is 35.8. The van der Waals surface area contributed by atoms with Gasteiger partial charge in [-0.1, -0.05) is 30.3 Å². The van der Waals surface area contributed by atoms with Gasteiger partial charge < -0.3 is 9.30 Å². The number of nitrogens with one attached hydrogen (secondary N) is 1. The van der Waals surface area contributed by atoms with E-state index in [1.54, 1.807) is 24.3 Å². The van der Waals surface area contributed by atoms with Crippen LogP contribution in [0.5, 0.6) is 5.75 Å². The summed E-state index contributed by atoms with van der Waals surface area (Å²) in [5, 5.41) is 2.13. The van der Waals surface area contributed by atoms with Crippen molar-refractivity contribution in [3.8, 4) is 5.75 Å². The molecule has 27 heavy (non-hydrogen) atoms. The first kappa shape index (κ1) is 17.4. The second kappa shape index (κ2) is 6.63. The van der Waals surface area contributed by atoms with Gasteiger partial charge in [-0.25, -0.2) is 8.42 Å². The molecule has 1 N–H and O–H groups in total. The highest BCUT2D eigenvalue weighted by molar-refractivity contribution is 7.92. The van der Waals surface area contributed by atoms with Crippen molar-refractivity contribution in [3.05, 3.63) is 66.7 Å². The Balaban J connectivity index is 1.82. The van der Waals surface area contributed by atoms with Gasteiger partial charge in [0.15, 0.2) is 0 Å². The molecule has 3 aromatic carbocycles. The Morgan fingerprint density at radius 3 is 2.41 bits per heavy atom. The molecule has 4 rings (SSSR count). The molecule has 0 bridgehead atoms. The molecule has 5 nitrogen and oxygen atoms in total. The second-order valence-electron chi connectivity index (χ2n) is 6.25. The van der Waals surface area contributed by atoms with Crippen molar-refractivity contribution in [2.75, 3.05) is 11.8 Å². The van der Waals surface area contributed by atoms with E-state index in [-0.39, 0.29) is 4.90 Å². The fourth-order valence-electron chi connectivity index (χ4n) is 3.51. The molecule has 0 radical (unpaired) electrons. The van der Waals surface area contributed by atoms with E-state index in [1.165, 1.54) is 13.2 Å². The summed E-state index contributed by atoms with van der Waals surface area (Å²) in [7, 11) is -2.30. The minimum absolute atomic E-state index is 0.114. The van der Waals surface area contributed by atoms with E-state index in [9.17, 15) is 8.42 Å². The number of rotatable bonds is 5. The van der Waals surface area contributed by atoms with Crippen LogP contribution in [0.25, 0.3) is 21.8 Å². The Bertz CT molecular complexity index is 1240. The zero-order chi connectivity index (χ0) is 19.0. The Labute approximate surface area is 158 Å². The third-order valence-electron chi connectivity index (χ3n) is 4.70. The average Bonchev–Trinajstić information content (AvgIpc) is 3.00. The normalized spacial score (nSPS) is 11.8. The Morgan fingerprint density at radius 1 is 0.926 bits per heavy atom. The van der Waals surface area contributed by atoms with E-state index >= 15 is 0 Å². The molecule has 0 aliphatic heterocycles. The van der Waals surface area contributed by atoms with Crippen molar-refractivity contribution < 1.29 is 13.2 Å². The molecule has 6 heteroatoms. The van der Waals surface area contributed by atoms with Gasteiger partial charge in [0.05, 0.1) is 7.11 Å². The molecular formula is C21H20N2O3S. The highest BCUT2D eigenvalue weighted by atomic mass is 32.2. The number of aryl methyl sites for hydroxylation is 1. The lowest BCUT2D eigenvalue weighted by Gasteiger charge is -2.11. The molecule has 0 amide bonds. The molecule has 1 heterocycles. The van der Waals surface area contributed by atoms with Crippen LogP contribution in [0.2, 0.25) is 0 Å². The van der Waals surface area contributed by atoms with Crippen LogP contribution >= 0.6 is 0 Å². The van der Waals surface area contributed by atoms with E-state index in [0.717, 1.165) is 28.4 Å². The number of para-hydroxylation sites is 2. The van der Waals surface area contributed by atoms with Crippen molar-refractivity contribution in [1.29, 1.82) is 0 Å². The molecule has 0 unspecified atom stereocenters. The number of sulfonamides is 1. The molecule has 0 saturated carbocycles. The average molecular weight is 380 g/mol. The smallest absolute Gasteiger partial charge is 0.265 e. The SMILES string of the molecule is CCn1c2ccccc2c2cc(NS(=O)(=O)c3ccccc3OC)ccc21. The van der Waals surface area contributed by atoms with Gasteiger partial charge in [0.1, 0.15) is 10.6 Å². The van der Waals surface area contributed by atoms with Crippen LogP contribution in [-0.4, -0.2) is 20.1 Å². The van der Waals surface area contributed by atoms with E-state index in [2.05, 4.69) is 28.3 Å². The largest absolute Gasteiger partial charge is 0.495 e. The zero-order valence-electron chi connectivity index (χ0n) is 15.1. The van der Waals surface area contributed by atoms with Gasteiger partial charge in [-0.2, -0.15) is 0 Å². The molecule has 4 aromatic rings. The number of nitrogens with zero attached hydrogens (tertiary/aromatic N) is 1. The van der Waals surface area contributed by atoms with Gasteiger partial charge in [-0.05, 0) is 43.3 Å². The summed E-state index contributed by atoms with van der Waals surface area (Å²) in [5.74, 6) is 0.314. The maximum atomic E-state index is 12.8.